The second-order valence-corrected chi connectivity index (χ2v) is 18.4. The van der Waals surface area contributed by atoms with Crippen LogP contribution in [-0.4, -0.2) is 67.5 Å². The SMILES string of the molecule is Cc1cccc2c1cc(COCNCC1CCN(CC3(O)CCC(O[Si](C)(c4ccccc4)c4ccccc4)CC3)CC1)c(=O)n2C(C)C. The van der Waals surface area contributed by atoms with Gasteiger partial charge in [-0.1, -0.05) is 72.8 Å². The van der Waals surface area contributed by atoms with Gasteiger partial charge in [-0.2, -0.15) is 0 Å². The molecule has 1 saturated carbocycles. The van der Waals surface area contributed by atoms with Gasteiger partial charge in [-0.25, -0.2) is 0 Å². The third-order valence-corrected chi connectivity index (χ3v) is 14.6. The van der Waals surface area contributed by atoms with Crippen molar-refractivity contribution < 1.29 is 14.3 Å². The predicted molar refractivity (Wildman–Crippen MR) is 202 cm³/mol. The number of piperidine rings is 1. The summed E-state index contributed by atoms with van der Waals surface area (Å²) in [6.45, 7) is 12.9. The minimum Gasteiger partial charge on any atom is -0.405 e. The van der Waals surface area contributed by atoms with E-state index in [1.807, 2.05) is 22.8 Å². The first-order valence-corrected chi connectivity index (χ1v) is 20.7. The molecule has 1 aliphatic heterocycles. The van der Waals surface area contributed by atoms with Crippen molar-refractivity contribution in [1.82, 2.24) is 14.8 Å². The lowest BCUT2D eigenvalue weighted by Crippen LogP contribution is -2.60. The third kappa shape index (κ3) is 8.44. The van der Waals surface area contributed by atoms with Gasteiger partial charge in [0.1, 0.15) is 0 Å². The van der Waals surface area contributed by atoms with E-state index in [-0.39, 0.29) is 17.7 Å². The number of rotatable bonds is 13. The molecule has 0 atom stereocenters. The maximum atomic E-state index is 13.3. The molecule has 6 rings (SSSR count). The molecule has 0 unspecified atom stereocenters. The molecule has 1 aliphatic carbocycles. The van der Waals surface area contributed by atoms with Gasteiger partial charge in [0, 0.05) is 36.2 Å². The summed E-state index contributed by atoms with van der Waals surface area (Å²) in [4.78, 5) is 15.7. The zero-order valence-electron chi connectivity index (χ0n) is 29.9. The largest absolute Gasteiger partial charge is 0.405 e. The van der Waals surface area contributed by atoms with Crippen LogP contribution in [0.15, 0.2) is 89.7 Å². The molecule has 7 nitrogen and oxygen atoms in total. The Balaban J connectivity index is 0.930. The van der Waals surface area contributed by atoms with E-state index >= 15 is 0 Å². The Hall–Kier alpha value is -3.11. The fourth-order valence-electron chi connectivity index (χ4n) is 7.99. The van der Waals surface area contributed by atoms with Crippen molar-refractivity contribution in [2.75, 3.05) is 32.9 Å². The summed E-state index contributed by atoms with van der Waals surface area (Å²) < 4.78 is 14.9. The molecule has 2 aliphatic rings. The molecule has 2 fully saturated rings. The molecule has 2 N–H and O–H groups in total. The number of likely N-dealkylation sites (tertiary alicyclic amines) is 1. The van der Waals surface area contributed by atoms with E-state index in [1.165, 1.54) is 10.4 Å². The zero-order chi connectivity index (χ0) is 34.4. The van der Waals surface area contributed by atoms with Crippen LogP contribution < -0.4 is 21.2 Å². The molecule has 1 saturated heterocycles. The number of hydrogen-bond donors (Lipinski definition) is 2. The van der Waals surface area contributed by atoms with E-state index in [1.54, 1.807) is 0 Å². The van der Waals surface area contributed by atoms with Crippen molar-refractivity contribution in [3.63, 3.8) is 0 Å². The Morgan fingerprint density at radius 2 is 1.55 bits per heavy atom. The molecule has 4 aromatic rings. The van der Waals surface area contributed by atoms with E-state index in [9.17, 15) is 9.90 Å². The molecule has 0 amide bonds. The number of fused-ring (bicyclic) bond motifs is 1. The molecular weight excluding hydrogens is 627 g/mol. The highest BCUT2D eigenvalue weighted by Gasteiger charge is 2.41. The van der Waals surface area contributed by atoms with Gasteiger partial charge in [-0.3, -0.25) is 10.1 Å². The Labute approximate surface area is 293 Å². The fraction of sp³-hybridized carbons (Fsp3) is 0.488. The van der Waals surface area contributed by atoms with Crippen LogP contribution in [-0.2, 0) is 15.8 Å². The van der Waals surface area contributed by atoms with Gasteiger partial charge in [0.15, 0.2) is 0 Å². The van der Waals surface area contributed by atoms with Crippen LogP contribution >= 0.6 is 0 Å². The molecule has 3 aromatic carbocycles. The first-order valence-electron chi connectivity index (χ1n) is 18.3. The standard InChI is InChI=1S/C41H55N3O4Si/c1-31(2)44-39-17-11-12-32(3)38(39)26-34(40(44)45)28-47-30-42-27-33-20-24-43(25-21-33)29-41(46)22-18-35(19-23-41)48-49(4,36-13-7-5-8-14-36)37-15-9-6-10-16-37/h5-17,26,31,33,35,42,46H,18-25,27-30H2,1-4H3. The number of aliphatic hydroxyl groups is 1. The Morgan fingerprint density at radius 1 is 0.918 bits per heavy atom. The highest BCUT2D eigenvalue weighted by molar-refractivity contribution is 6.96. The van der Waals surface area contributed by atoms with Crippen LogP contribution in [0.25, 0.3) is 10.9 Å². The van der Waals surface area contributed by atoms with Crippen LogP contribution in [0.3, 0.4) is 0 Å². The summed E-state index contributed by atoms with van der Waals surface area (Å²) in [5.74, 6) is 0.582. The highest BCUT2D eigenvalue weighted by atomic mass is 28.4. The quantitative estimate of drug-likeness (QED) is 0.107. The van der Waals surface area contributed by atoms with Crippen molar-refractivity contribution in [2.24, 2.45) is 5.92 Å². The lowest BCUT2D eigenvalue weighted by molar-refractivity contribution is -0.0539. The highest BCUT2D eigenvalue weighted by Crippen LogP contribution is 2.33. The number of pyridine rings is 1. The number of aryl methyl sites for hydroxylation is 1. The number of nitrogens with one attached hydrogen (secondary N) is 1. The smallest absolute Gasteiger partial charge is 0.256 e. The number of aromatic nitrogens is 1. The average Bonchev–Trinajstić information content (AvgIpc) is 3.11. The zero-order valence-corrected chi connectivity index (χ0v) is 30.9. The molecule has 0 spiro atoms. The topological polar surface area (TPSA) is 76.0 Å². The monoisotopic (exact) mass is 681 g/mol. The lowest BCUT2D eigenvalue weighted by Gasteiger charge is -2.43. The minimum atomic E-state index is -2.36. The molecule has 262 valence electrons. The molecule has 8 heteroatoms. The van der Waals surface area contributed by atoms with Gasteiger partial charge in [0.25, 0.3) is 13.9 Å². The number of benzene rings is 3. The normalized spacial score (nSPS) is 21.1. The molecule has 1 aromatic heterocycles. The molecule has 0 radical (unpaired) electrons. The third-order valence-electron chi connectivity index (χ3n) is 10.9. The van der Waals surface area contributed by atoms with Crippen molar-refractivity contribution in [2.45, 2.75) is 90.2 Å². The van der Waals surface area contributed by atoms with Gasteiger partial charge < -0.3 is 23.7 Å². The number of hydrogen-bond acceptors (Lipinski definition) is 6. The van der Waals surface area contributed by atoms with E-state index in [4.69, 9.17) is 9.16 Å². The maximum Gasteiger partial charge on any atom is 0.256 e. The van der Waals surface area contributed by atoms with Crippen LogP contribution in [0.5, 0.6) is 0 Å². The van der Waals surface area contributed by atoms with Crippen LogP contribution in [0.4, 0.5) is 0 Å². The van der Waals surface area contributed by atoms with E-state index in [0.29, 0.717) is 24.8 Å². The van der Waals surface area contributed by atoms with Gasteiger partial charge in [-0.15, -0.1) is 0 Å². The molecule has 49 heavy (non-hydrogen) atoms. The Kier molecular flexibility index (Phi) is 11.5. The van der Waals surface area contributed by atoms with Gasteiger partial charge in [0.2, 0.25) is 0 Å². The van der Waals surface area contributed by atoms with Crippen molar-refractivity contribution in [3.05, 3.63) is 106 Å². The van der Waals surface area contributed by atoms with Gasteiger partial charge >= 0.3 is 0 Å². The Morgan fingerprint density at radius 3 is 2.16 bits per heavy atom. The van der Waals surface area contributed by atoms with Crippen LogP contribution in [0.1, 0.15) is 69.5 Å². The first kappa shape index (κ1) is 35.7. The molecular formula is C41H55N3O4Si. The van der Waals surface area contributed by atoms with Crippen molar-refractivity contribution in [3.8, 4) is 0 Å². The summed E-state index contributed by atoms with van der Waals surface area (Å²) in [5, 5.41) is 18.8. The fourth-order valence-corrected chi connectivity index (χ4v) is 11.2. The summed E-state index contributed by atoms with van der Waals surface area (Å²) in [7, 11) is -2.36. The van der Waals surface area contributed by atoms with Crippen molar-refractivity contribution >= 4 is 29.6 Å². The lowest BCUT2D eigenvalue weighted by atomic mass is 9.82. The average molecular weight is 682 g/mol. The molecule has 0 bridgehead atoms. The van der Waals surface area contributed by atoms with Crippen LogP contribution in [0, 0.1) is 12.8 Å². The number of ether oxygens (including phenoxy) is 1. The minimum absolute atomic E-state index is 0.0304. The van der Waals surface area contributed by atoms with Gasteiger partial charge in [-0.05, 0) is 113 Å². The number of β-amino-alcohol motifs (C(OH)–C–C–N with tert-alkyl or cyclic N) is 1. The summed E-state index contributed by atoms with van der Waals surface area (Å²) in [6, 6.07) is 29.6. The van der Waals surface area contributed by atoms with E-state index < -0.39 is 13.9 Å². The van der Waals surface area contributed by atoms with Crippen molar-refractivity contribution in [1.29, 1.82) is 0 Å². The second-order valence-electron chi connectivity index (χ2n) is 14.9. The summed E-state index contributed by atoms with van der Waals surface area (Å²) in [5.41, 5.74) is 2.23. The maximum absolute atomic E-state index is 13.3. The summed E-state index contributed by atoms with van der Waals surface area (Å²) >= 11 is 0. The predicted octanol–water partition coefficient (Wildman–Crippen LogP) is 5.75. The second kappa shape index (κ2) is 15.8. The van der Waals surface area contributed by atoms with E-state index in [2.05, 4.69) is 104 Å². The first-order chi connectivity index (χ1) is 23.6. The Bertz CT molecular complexity index is 1670. The molecule has 2 heterocycles. The summed E-state index contributed by atoms with van der Waals surface area (Å²) in [6.07, 6.45) is 5.73. The van der Waals surface area contributed by atoms with Gasteiger partial charge in [0.05, 0.1) is 24.5 Å². The van der Waals surface area contributed by atoms with E-state index in [0.717, 1.165) is 81.2 Å². The van der Waals surface area contributed by atoms with Crippen LogP contribution in [0.2, 0.25) is 6.55 Å². The number of nitrogens with zero attached hydrogens (tertiary/aromatic N) is 2.